The normalized spacial score (nSPS) is 14.3. The molecule has 4 aromatic heterocycles. The fraction of sp³-hybridized carbons (Fsp3) is 0.276. The molecule has 5 aromatic rings. The zero-order valence-corrected chi connectivity index (χ0v) is 21.4. The molecular weight excluding hydrogens is 476 g/mol. The molecule has 1 aliphatic heterocycles. The fourth-order valence-corrected chi connectivity index (χ4v) is 5.09. The third-order valence-electron chi connectivity index (χ3n) is 7.25. The molecule has 5 heterocycles. The quantitative estimate of drug-likeness (QED) is 0.351. The Morgan fingerprint density at radius 3 is 2.39 bits per heavy atom. The van der Waals surface area contributed by atoms with E-state index in [9.17, 15) is 10.4 Å². The van der Waals surface area contributed by atoms with E-state index in [4.69, 9.17) is 9.97 Å². The van der Waals surface area contributed by atoms with Crippen LogP contribution in [-0.4, -0.2) is 47.6 Å². The number of hydrogen-bond acceptors (Lipinski definition) is 7. The lowest BCUT2D eigenvalue weighted by Crippen LogP contribution is -2.33. The van der Waals surface area contributed by atoms with Gasteiger partial charge in [0.1, 0.15) is 28.7 Å². The van der Waals surface area contributed by atoms with E-state index in [2.05, 4.69) is 35.0 Å². The molecule has 9 nitrogen and oxygen atoms in total. The van der Waals surface area contributed by atoms with Crippen molar-refractivity contribution in [2.45, 2.75) is 38.6 Å². The summed E-state index contributed by atoms with van der Waals surface area (Å²) in [4.78, 5) is 12.0. The van der Waals surface area contributed by atoms with Gasteiger partial charge in [0.25, 0.3) is 0 Å². The summed E-state index contributed by atoms with van der Waals surface area (Å²) in [7, 11) is 0. The highest BCUT2D eigenvalue weighted by Gasteiger charge is 2.22. The number of piperidine rings is 1. The van der Waals surface area contributed by atoms with Gasteiger partial charge in [-0.3, -0.25) is 4.68 Å². The summed E-state index contributed by atoms with van der Waals surface area (Å²) >= 11 is 0. The predicted octanol–water partition coefficient (Wildman–Crippen LogP) is 5.20. The van der Waals surface area contributed by atoms with Gasteiger partial charge in [0, 0.05) is 42.7 Å². The van der Waals surface area contributed by atoms with E-state index in [0.29, 0.717) is 28.4 Å². The Labute approximate surface area is 220 Å². The van der Waals surface area contributed by atoms with Crippen molar-refractivity contribution in [2.24, 2.45) is 0 Å². The summed E-state index contributed by atoms with van der Waals surface area (Å²) in [5.41, 5.74) is 5.51. The molecule has 1 aliphatic rings. The second-order valence-electron chi connectivity index (χ2n) is 10.00. The summed E-state index contributed by atoms with van der Waals surface area (Å²) in [6.45, 7) is 5.98. The minimum atomic E-state index is 0.241. The molecule has 1 aromatic carbocycles. The Kier molecular flexibility index (Phi) is 6.00. The first-order valence-electron chi connectivity index (χ1n) is 12.8. The molecule has 0 aliphatic carbocycles. The summed E-state index contributed by atoms with van der Waals surface area (Å²) in [6.07, 6.45) is 11.1. The van der Waals surface area contributed by atoms with Gasteiger partial charge < -0.3 is 10.0 Å². The van der Waals surface area contributed by atoms with E-state index in [1.165, 1.54) is 5.56 Å². The topological polar surface area (TPSA) is 108 Å². The summed E-state index contributed by atoms with van der Waals surface area (Å²) in [5, 5.41) is 28.1. The number of pyridine rings is 1. The van der Waals surface area contributed by atoms with Crippen molar-refractivity contribution < 1.29 is 5.11 Å². The largest absolute Gasteiger partial charge is 0.508 e. The number of benzene rings is 1. The Morgan fingerprint density at radius 1 is 0.947 bits per heavy atom. The molecule has 0 amide bonds. The third-order valence-corrected chi connectivity index (χ3v) is 7.25. The first-order valence-corrected chi connectivity index (χ1v) is 12.8. The third kappa shape index (κ3) is 4.34. The maximum atomic E-state index is 9.70. The number of phenols is 1. The number of aromatic hydroxyl groups is 1. The van der Waals surface area contributed by atoms with Gasteiger partial charge >= 0.3 is 0 Å². The summed E-state index contributed by atoms with van der Waals surface area (Å²) < 4.78 is 3.61. The average molecular weight is 505 g/mol. The molecule has 0 saturated carbocycles. The molecule has 0 spiro atoms. The van der Waals surface area contributed by atoms with Crippen LogP contribution < -0.4 is 4.90 Å². The number of hydrogen-bond donors (Lipinski definition) is 1. The minimum absolute atomic E-state index is 0.241. The van der Waals surface area contributed by atoms with E-state index < -0.39 is 0 Å². The van der Waals surface area contributed by atoms with Crippen LogP contribution in [0.3, 0.4) is 0 Å². The number of rotatable bonds is 5. The fourth-order valence-electron chi connectivity index (χ4n) is 5.09. The smallest absolute Gasteiger partial charge is 0.128 e. The Hall–Kier alpha value is -4.71. The van der Waals surface area contributed by atoms with E-state index in [1.807, 2.05) is 47.5 Å². The number of nitriles is 1. The Bertz CT molecular complexity index is 1620. The van der Waals surface area contributed by atoms with E-state index in [0.717, 1.165) is 48.6 Å². The molecule has 0 unspecified atom stereocenters. The van der Waals surface area contributed by atoms with Crippen molar-refractivity contribution in [2.75, 3.05) is 18.0 Å². The molecule has 9 heteroatoms. The van der Waals surface area contributed by atoms with Crippen molar-refractivity contribution in [3.05, 3.63) is 78.5 Å². The van der Waals surface area contributed by atoms with Gasteiger partial charge in [0.2, 0.25) is 0 Å². The van der Waals surface area contributed by atoms with Gasteiger partial charge in [0.15, 0.2) is 0 Å². The average Bonchev–Trinajstić information content (AvgIpc) is 3.61. The number of phenolic OH excluding ortho intramolecular Hbond substituents is 1. The van der Waals surface area contributed by atoms with Crippen LogP contribution in [0.4, 0.5) is 5.82 Å². The second kappa shape index (κ2) is 9.63. The zero-order valence-electron chi connectivity index (χ0n) is 21.4. The highest BCUT2D eigenvalue weighted by Crippen LogP contribution is 2.33. The van der Waals surface area contributed by atoms with Gasteiger partial charge in [-0.1, -0.05) is 12.1 Å². The lowest BCUT2D eigenvalue weighted by Gasteiger charge is -2.33. The molecule has 38 heavy (non-hydrogen) atoms. The van der Waals surface area contributed by atoms with Crippen molar-refractivity contribution in [1.82, 2.24) is 29.4 Å². The summed E-state index contributed by atoms with van der Waals surface area (Å²) in [5.74, 6) is 1.71. The van der Waals surface area contributed by atoms with Crippen molar-refractivity contribution in [1.29, 1.82) is 5.26 Å². The summed E-state index contributed by atoms with van der Waals surface area (Å²) in [6, 6.07) is 14.1. The van der Waals surface area contributed by atoms with Crippen LogP contribution in [0.1, 0.15) is 49.8 Å². The standard InChI is InChI=1S/C29H28N8O/c1-19(2)36-17-24(16-32-36)26-18-37-29(23(13-30)15-33-37)28(34-26)22-5-8-27(31-14-22)35-11-9-21(10-12-35)20-3-6-25(38)7-4-20/h3-8,14-19,21,38H,9-12H2,1-2H3. The highest BCUT2D eigenvalue weighted by molar-refractivity contribution is 5.83. The predicted molar refractivity (Wildman–Crippen MR) is 145 cm³/mol. The number of fused-ring (bicyclic) bond motifs is 1. The molecule has 0 atom stereocenters. The van der Waals surface area contributed by atoms with Crippen LogP contribution in [0.5, 0.6) is 5.75 Å². The maximum absolute atomic E-state index is 9.70. The molecule has 1 saturated heterocycles. The number of nitrogens with zero attached hydrogens (tertiary/aromatic N) is 8. The number of aromatic nitrogens is 6. The first kappa shape index (κ1) is 23.7. The maximum Gasteiger partial charge on any atom is 0.128 e. The second-order valence-corrected chi connectivity index (χ2v) is 10.00. The van der Waals surface area contributed by atoms with Crippen LogP contribution in [0, 0.1) is 11.3 Å². The van der Waals surface area contributed by atoms with Gasteiger partial charge in [-0.2, -0.15) is 15.5 Å². The Morgan fingerprint density at radius 2 is 1.74 bits per heavy atom. The highest BCUT2D eigenvalue weighted by atomic mass is 16.3. The lowest BCUT2D eigenvalue weighted by atomic mass is 9.89. The molecule has 190 valence electrons. The van der Waals surface area contributed by atoms with Crippen molar-refractivity contribution >= 4 is 11.3 Å². The SMILES string of the molecule is CC(C)n1cc(-c2cn3ncc(C#N)c3c(-c3ccc(N4CCC(c5ccc(O)cc5)CC4)nc3)n2)cn1. The van der Waals surface area contributed by atoms with Crippen LogP contribution in [-0.2, 0) is 0 Å². The van der Waals surface area contributed by atoms with E-state index in [1.54, 1.807) is 29.0 Å². The van der Waals surface area contributed by atoms with Crippen LogP contribution in [0.15, 0.2) is 67.4 Å². The van der Waals surface area contributed by atoms with E-state index >= 15 is 0 Å². The van der Waals surface area contributed by atoms with Gasteiger partial charge in [-0.25, -0.2) is 14.5 Å². The van der Waals surface area contributed by atoms with Crippen molar-refractivity contribution in [3.63, 3.8) is 0 Å². The van der Waals surface area contributed by atoms with Crippen LogP contribution >= 0.6 is 0 Å². The number of anilines is 1. The lowest BCUT2D eigenvalue weighted by molar-refractivity contribution is 0.472. The molecule has 1 fully saturated rings. The molecule has 1 N–H and O–H groups in total. The van der Waals surface area contributed by atoms with Gasteiger partial charge in [-0.15, -0.1) is 0 Å². The molecule has 0 bridgehead atoms. The van der Waals surface area contributed by atoms with Crippen LogP contribution in [0.25, 0.3) is 28.0 Å². The van der Waals surface area contributed by atoms with Crippen LogP contribution in [0.2, 0.25) is 0 Å². The first-order chi connectivity index (χ1) is 18.5. The monoisotopic (exact) mass is 504 g/mol. The minimum Gasteiger partial charge on any atom is -0.508 e. The Balaban J connectivity index is 1.28. The van der Waals surface area contributed by atoms with E-state index in [-0.39, 0.29) is 6.04 Å². The molecule has 0 radical (unpaired) electrons. The van der Waals surface area contributed by atoms with Gasteiger partial charge in [0.05, 0.1) is 30.0 Å². The zero-order chi connectivity index (χ0) is 26.2. The van der Waals surface area contributed by atoms with Crippen molar-refractivity contribution in [3.8, 4) is 34.3 Å². The molecule has 6 rings (SSSR count). The molecular formula is C29H28N8O. The van der Waals surface area contributed by atoms with Gasteiger partial charge in [-0.05, 0) is 62.4 Å².